The molecule has 0 unspecified atom stereocenters. The number of anilines is 1. The molecule has 126 valence electrons. The van der Waals surface area contributed by atoms with Gasteiger partial charge in [-0.05, 0) is 24.6 Å². The van der Waals surface area contributed by atoms with E-state index in [2.05, 4.69) is 15.3 Å². The standard InChI is InChI=1S/C16H17N3O5/c1-9(16(21)22)10-4-6-11(7-5-10)19-13(20)12-14(23-2)17-8-18-15(12)24-3/h4-9H,1-3H3,(H,19,20)(H,21,22)/t9-/m1/s1. The first-order valence-corrected chi connectivity index (χ1v) is 7.05. The van der Waals surface area contributed by atoms with E-state index in [-0.39, 0.29) is 17.3 Å². The highest BCUT2D eigenvalue weighted by atomic mass is 16.5. The van der Waals surface area contributed by atoms with Gasteiger partial charge in [0.2, 0.25) is 11.8 Å². The zero-order valence-corrected chi connectivity index (χ0v) is 13.4. The van der Waals surface area contributed by atoms with Crippen molar-refractivity contribution in [3.05, 3.63) is 41.7 Å². The van der Waals surface area contributed by atoms with Crippen LogP contribution in [0.25, 0.3) is 0 Å². The molecule has 0 aliphatic rings. The number of carbonyl (C=O) groups excluding carboxylic acids is 1. The zero-order chi connectivity index (χ0) is 17.7. The molecule has 1 aromatic carbocycles. The molecular formula is C16H17N3O5. The lowest BCUT2D eigenvalue weighted by atomic mass is 10.0. The molecule has 0 spiro atoms. The van der Waals surface area contributed by atoms with Crippen molar-refractivity contribution in [3.63, 3.8) is 0 Å². The second-order valence-electron chi connectivity index (χ2n) is 4.90. The quantitative estimate of drug-likeness (QED) is 0.832. The van der Waals surface area contributed by atoms with Crippen molar-refractivity contribution in [2.75, 3.05) is 19.5 Å². The molecule has 1 atom stereocenters. The molecule has 2 aromatic rings. The van der Waals surface area contributed by atoms with Crippen LogP contribution in [0.1, 0.15) is 28.8 Å². The zero-order valence-electron chi connectivity index (χ0n) is 13.4. The number of nitrogens with one attached hydrogen (secondary N) is 1. The Labute approximate surface area is 138 Å². The normalized spacial score (nSPS) is 11.5. The molecule has 0 saturated heterocycles. The number of carboxylic acid groups (broad SMARTS) is 1. The van der Waals surface area contributed by atoms with E-state index in [0.717, 1.165) is 0 Å². The van der Waals surface area contributed by atoms with E-state index in [0.29, 0.717) is 11.3 Å². The number of benzene rings is 1. The van der Waals surface area contributed by atoms with Crippen molar-refractivity contribution in [1.82, 2.24) is 9.97 Å². The lowest BCUT2D eigenvalue weighted by Crippen LogP contribution is -2.16. The molecule has 0 saturated carbocycles. The first-order chi connectivity index (χ1) is 11.5. The van der Waals surface area contributed by atoms with E-state index in [1.807, 2.05) is 0 Å². The molecule has 24 heavy (non-hydrogen) atoms. The molecule has 0 aliphatic carbocycles. The Hall–Kier alpha value is -3.16. The van der Waals surface area contributed by atoms with Crippen LogP contribution in [0.2, 0.25) is 0 Å². The molecule has 2 N–H and O–H groups in total. The van der Waals surface area contributed by atoms with Crippen LogP contribution in [0.3, 0.4) is 0 Å². The summed E-state index contributed by atoms with van der Waals surface area (Å²) in [5.41, 5.74) is 1.21. The molecule has 8 nitrogen and oxygen atoms in total. The predicted octanol–water partition coefficient (Wildman–Crippen LogP) is 1.93. The average Bonchev–Trinajstić information content (AvgIpc) is 2.60. The number of hydrogen-bond donors (Lipinski definition) is 2. The van der Waals surface area contributed by atoms with E-state index in [1.165, 1.54) is 20.5 Å². The fourth-order valence-electron chi connectivity index (χ4n) is 2.05. The van der Waals surface area contributed by atoms with Gasteiger partial charge in [0.1, 0.15) is 6.33 Å². The summed E-state index contributed by atoms with van der Waals surface area (Å²) in [6.07, 6.45) is 1.23. The van der Waals surface area contributed by atoms with Gasteiger partial charge in [0, 0.05) is 5.69 Å². The van der Waals surface area contributed by atoms with Gasteiger partial charge in [-0.2, -0.15) is 0 Å². The summed E-state index contributed by atoms with van der Waals surface area (Å²) in [5, 5.41) is 11.7. The number of carboxylic acids is 1. The van der Waals surface area contributed by atoms with Crippen LogP contribution in [-0.2, 0) is 4.79 Å². The van der Waals surface area contributed by atoms with Gasteiger partial charge in [0.05, 0.1) is 20.1 Å². The Morgan fingerprint density at radius 1 is 1.08 bits per heavy atom. The number of ether oxygens (including phenoxy) is 2. The maximum Gasteiger partial charge on any atom is 0.310 e. The molecule has 0 bridgehead atoms. The Balaban J connectivity index is 2.23. The number of rotatable bonds is 6. The number of nitrogens with zero attached hydrogens (tertiary/aromatic N) is 2. The second kappa shape index (κ2) is 7.40. The third kappa shape index (κ3) is 3.60. The highest BCUT2D eigenvalue weighted by Crippen LogP contribution is 2.25. The van der Waals surface area contributed by atoms with Crippen LogP contribution < -0.4 is 14.8 Å². The van der Waals surface area contributed by atoms with Crippen molar-refractivity contribution < 1.29 is 24.2 Å². The van der Waals surface area contributed by atoms with E-state index < -0.39 is 17.8 Å². The third-order valence-corrected chi connectivity index (χ3v) is 3.43. The van der Waals surface area contributed by atoms with Crippen LogP contribution >= 0.6 is 0 Å². The van der Waals surface area contributed by atoms with E-state index in [1.54, 1.807) is 31.2 Å². The maximum atomic E-state index is 12.5. The van der Waals surface area contributed by atoms with Gasteiger partial charge in [0.15, 0.2) is 5.56 Å². The predicted molar refractivity (Wildman–Crippen MR) is 85.6 cm³/mol. The monoisotopic (exact) mass is 331 g/mol. The number of aromatic nitrogens is 2. The molecule has 1 heterocycles. The van der Waals surface area contributed by atoms with E-state index in [4.69, 9.17) is 14.6 Å². The molecule has 2 rings (SSSR count). The largest absolute Gasteiger partial charge is 0.481 e. The van der Waals surface area contributed by atoms with Gasteiger partial charge in [0.25, 0.3) is 5.91 Å². The average molecular weight is 331 g/mol. The first kappa shape index (κ1) is 17.2. The van der Waals surface area contributed by atoms with Crippen LogP contribution in [0.5, 0.6) is 11.8 Å². The minimum atomic E-state index is -0.914. The summed E-state index contributed by atoms with van der Waals surface area (Å²) in [6.45, 7) is 1.59. The number of aliphatic carboxylic acids is 1. The number of carbonyl (C=O) groups is 2. The van der Waals surface area contributed by atoms with E-state index >= 15 is 0 Å². The third-order valence-electron chi connectivity index (χ3n) is 3.43. The molecule has 0 radical (unpaired) electrons. The Bertz CT molecular complexity index is 724. The number of amides is 1. The number of methoxy groups -OCH3 is 2. The Morgan fingerprint density at radius 3 is 2.08 bits per heavy atom. The lowest BCUT2D eigenvalue weighted by Gasteiger charge is -2.12. The fourth-order valence-corrected chi connectivity index (χ4v) is 2.05. The SMILES string of the molecule is COc1ncnc(OC)c1C(=O)Nc1ccc([C@@H](C)C(=O)O)cc1. The molecule has 0 aliphatic heterocycles. The summed E-state index contributed by atoms with van der Waals surface area (Å²) in [6, 6.07) is 6.53. The van der Waals surface area contributed by atoms with Gasteiger partial charge in [-0.15, -0.1) is 0 Å². The van der Waals surface area contributed by atoms with Crippen molar-refractivity contribution in [2.24, 2.45) is 0 Å². The molecule has 0 fully saturated rings. The fraction of sp³-hybridized carbons (Fsp3) is 0.250. The maximum absolute atomic E-state index is 12.5. The summed E-state index contributed by atoms with van der Waals surface area (Å²) < 4.78 is 10.1. The summed E-state index contributed by atoms with van der Waals surface area (Å²) in [4.78, 5) is 31.2. The highest BCUT2D eigenvalue weighted by molar-refractivity contribution is 6.07. The topological polar surface area (TPSA) is 111 Å². The highest BCUT2D eigenvalue weighted by Gasteiger charge is 2.21. The summed E-state index contributed by atoms with van der Waals surface area (Å²) in [7, 11) is 2.78. The van der Waals surface area contributed by atoms with Gasteiger partial charge in [-0.3, -0.25) is 9.59 Å². The molecule has 1 amide bonds. The molecular weight excluding hydrogens is 314 g/mol. The van der Waals surface area contributed by atoms with Gasteiger partial charge in [-0.1, -0.05) is 12.1 Å². The van der Waals surface area contributed by atoms with Gasteiger partial charge < -0.3 is 19.9 Å². The van der Waals surface area contributed by atoms with Crippen molar-refractivity contribution in [2.45, 2.75) is 12.8 Å². The van der Waals surface area contributed by atoms with Gasteiger partial charge >= 0.3 is 5.97 Å². The first-order valence-electron chi connectivity index (χ1n) is 7.05. The second-order valence-corrected chi connectivity index (χ2v) is 4.90. The van der Waals surface area contributed by atoms with Crippen molar-refractivity contribution in [1.29, 1.82) is 0 Å². The van der Waals surface area contributed by atoms with Crippen molar-refractivity contribution in [3.8, 4) is 11.8 Å². The minimum Gasteiger partial charge on any atom is -0.481 e. The van der Waals surface area contributed by atoms with Crippen LogP contribution in [-0.4, -0.2) is 41.2 Å². The van der Waals surface area contributed by atoms with Crippen LogP contribution in [0.15, 0.2) is 30.6 Å². The molecule has 8 heteroatoms. The minimum absolute atomic E-state index is 0.0745. The van der Waals surface area contributed by atoms with E-state index in [9.17, 15) is 9.59 Å². The lowest BCUT2D eigenvalue weighted by molar-refractivity contribution is -0.138. The smallest absolute Gasteiger partial charge is 0.310 e. The van der Waals surface area contributed by atoms with Gasteiger partial charge in [-0.25, -0.2) is 9.97 Å². The van der Waals surface area contributed by atoms with Crippen LogP contribution in [0.4, 0.5) is 5.69 Å². The van der Waals surface area contributed by atoms with Crippen molar-refractivity contribution >= 4 is 17.6 Å². The summed E-state index contributed by atoms with van der Waals surface area (Å²) in [5.74, 6) is -1.85. The number of hydrogen-bond acceptors (Lipinski definition) is 6. The Kier molecular flexibility index (Phi) is 5.31. The molecule has 1 aromatic heterocycles. The summed E-state index contributed by atoms with van der Waals surface area (Å²) >= 11 is 0. The Morgan fingerprint density at radius 2 is 1.62 bits per heavy atom. The van der Waals surface area contributed by atoms with Crippen LogP contribution in [0, 0.1) is 0 Å².